The van der Waals surface area contributed by atoms with Crippen molar-refractivity contribution in [2.45, 2.75) is 54.7 Å². The molecule has 1 aliphatic carbocycles. The van der Waals surface area contributed by atoms with Crippen molar-refractivity contribution >= 4 is 27.3 Å². The quantitative estimate of drug-likeness (QED) is 0.759. The maximum Gasteiger partial charge on any atom is 0.224 e. The van der Waals surface area contributed by atoms with Crippen molar-refractivity contribution in [2.24, 2.45) is 5.92 Å². The van der Waals surface area contributed by atoms with Crippen molar-refractivity contribution in [3.8, 4) is 0 Å². The molecule has 0 spiro atoms. The van der Waals surface area contributed by atoms with Crippen molar-refractivity contribution in [1.29, 1.82) is 0 Å². The maximum atomic E-state index is 13.5. The molecule has 1 aromatic carbocycles. The molecule has 5 nitrogen and oxygen atoms in total. The number of halogens is 2. The lowest BCUT2D eigenvalue weighted by Gasteiger charge is -2.39. The smallest absolute Gasteiger partial charge is 0.224 e. The topological polar surface area (TPSA) is 75.3 Å². The molecular formula is C18H24ClFN2O3S. The monoisotopic (exact) mass is 402 g/mol. The fourth-order valence-corrected chi connectivity index (χ4v) is 6.00. The maximum absolute atomic E-state index is 13.5. The Morgan fingerprint density at radius 2 is 1.96 bits per heavy atom. The number of piperidine rings is 1. The van der Waals surface area contributed by atoms with Crippen LogP contribution < -0.4 is 10.6 Å². The van der Waals surface area contributed by atoms with Gasteiger partial charge >= 0.3 is 0 Å². The minimum atomic E-state index is -3.94. The normalized spacial score (nSPS) is 25.0. The number of carbonyl (C=O) groups is 1. The van der Waals surface area contributed by atoms with Gasteiger partial charge in [0.25, 0.3) is 0 Å². The Morgan fingerprint density at radius 3 is 2.58 bits per heavy atom. The Hall–Kier alpha value is -1.18. The number of hydrogen-bond acceptors (Lipinski definition) is 4. The van der Waals surface area contributed by atoms with Crippen LogP contribution in [-0.2, 0) is 14.6 Å². The van der Waals surface area contributed by atoms with Crippen LogP contribution in [0.15, 0.2) is 23.1 Å². The van der Waals surface area contributed by atoms with Crippen LogP contribution in [0.25, 0.3) is 0 Å². The SMILES string of the molecule is O=C(N[C@]1(S(=O)(=O)c2ccc(F)c(Cl)c2)CCCNC1)C1CCCCC1. The predicted molar refractivity (Wildman–Crippen MR) is 98.1 cm³/mol. The summed E-state index contributed by atoms with van der Waals surface area (Å²) >= 11 is 5.79. The van der Waals surface area contributed by atoms with E-state index in [0.717, 1.165) is 44.2 Å². The molecule has 0 unspecified atom stereocenters. The molecule has 1 aliphatic heterocycles. The van der Waals surface area contributed by atoms with Crippen LogP contribution in [0.5, 0.6) is 0 Å². The van der Waals surface area contributed by atoms with E-state index >= 15 is 0 Å². The van der Waals surface area contributed by atoms with E-state index in [2.05, 4.69) is 10.6 Å². The molecule has 2 N–H and O–H groups in total. The second-order valence-electron chi connectivity index (χ2n) is 7.18. The van der Waals surface area contributed by atoms with Crippen LogP contribution in [0.2, 0.25) is 5.02 Å². The average Bonchev–Trinajstić information content (AvgIpc) is 2.65. The van der Waals surface area contributed by atoms with E-state index in [4.69, 9.17) is 11.6 Å². The molecule has 0 aromatic heterocycles. The summed E-state index contributed by atoms with van der Waals surface area (Å²) in [5, 5.41) is 5.69. The zero-order valence-electron chi connectivity index (χ0n) is 14.6. The Kier molecular flexibility index (Phi) is 5.89. The van der Waals surface area contributed by atoms with Gasteiger partial charge in [0, 0.05) is 12.5 Å². The van der Waals surface area contributed by atoms with Gasteiger partial charge in [-0.1, -0.05) is 30.9 Å². The molecule has 1 amide bonds. The molecule has 0 bridgehead atoms. The summed E-state index contributed by atoms with van der Waals surface area (Å²) in [5.41, 5.74) is 0. The van der Waals surface area contributed by atoms with E-state index in [0.29, 0.717) is 19.4 Å². The molecule has 1 heterocycles. The fraction of sp³-hybridized carbons (Fsp3) is 0.611. The van der Waals surface area contributed by atoms with Crippen LogP contribution >= 0.6 is 11.6 Å². The lowest BCUT2D eigenvalue weighted by Crippen LogP contribution is -2.63. The zero-order valence-corrected chi connectivity index (χ0v) is 16.1. The molecule has 1 saturated heterocycles. The highest BCUT2D eigenvalue weighted by Crippen LogP contribution is 2.33. The van der Waals surface area contributed by atoms with Crippen LogP contribution in [0, 0.1) is 11.7 Å². The molecule has 2 fully saturated rings. The second-order valence-corrected chi connectivity index (χ2v) is 9.85. The number of amides is 1. The van der Waals surface area contributed by atoms with E-state index in [1.54, 1.807) is 0 Å². The van der Waals surface area contributed by atoms with Crippen LogP contribution in [0.1, 0.15) is 44.9 Å². The number of sulfone groups is 1. The van der Waals surface area contributed by atoms with Crippen molar-refractivity contribution in [3.05, 3.63) is 29.0 Å². The first kappa shape index (κ1) is 19.6. The Labute approximate surface area is 158 Å². The summed E-state index contributed by atoms with van der Waals surface area (Å²) in [5.74, 6) is -1.02. The van der Waals surface area contributed by atoms with Gasteiger partial charge in [-0.05, 0) is 50.4 Å². The Balaban J connectivity index is 1.93. The van der Waals surface area contributed by atoms with Crippen LogP contribution in [0.4, 0.5) is 4.39 Å². The lowest BCUT2D eigenvalue weighted by molar-refractivity contribution is -0.127. The number of hydrogen-bond donors (Lipinski definition) is 2. The highest BCUT2D eigenvalue weighted by atomic mass is 35.5. The van der Waals surface area contributed by atoms with Gasteiger partial charge in [-0.15, -0.1) is 0 Å². The third-order valence-electron chi connectivity index (χ3n) is 5.39. The molecule has 1 saturated carbocycles. The second kappa shape index (κ2) is 7.82. The average molecular weight is 403 g/mol. The number of nitrogens with one attached hydrogen (secondary N) is 2. The summed E-state index contributed by atoms with van der Waals surface area (Å²) in [6.45, 7) is 0.823. The van der Waals surface area contributed by atoms with Gasteiger partial charge in [-0.25, -0.2) is 12.8 Å². The molecule has 0 radical (unpaired) electrons. The van der Waals surface area contributed by atoms with E-state index in [-0.39, 0.29) is 28.3 Å². The highest BCUT2D eigenvalue weighted by Gasteiger charge is 2.47. The number of rotatable bonds is 4. The van der Waals surface area contributed by atoms with Crippen molar-refractivity contribution in [1.82, 2.24) is 10.6 Å². The summed E-state index contributed by atoms with van der Waals surface area (Å²) in [7, 11) is -3.94. The third-order valence-corrected chi connectivity index (χ3v) is 8.03. The van der Waals surface area contributed by atoms with Gasteiger partial charge in [-0.2, -0.15) is 0 Å². The van der Waals surface area contributed by atoms with Gasteiger partial charge in [-0.3, -0.25) is 4.79 Å². The minimum Gasteiger partial charge on any atom is -0.335 e. The molecule has 144 valence electrons. The molecule has 26 heavy (non-hydrogen) atoms. The third kappa shape index (κ3) is 3.75. The van der Waals surface area contributed by atoms with Crippen molar-refractivity contribution < 1.29 is 17.6 Å². The first-order valence-corrected chi connectivity index (χ1v) is 10.9. The molecule has 3 rings (SSSR count). The van der Waals surface area contributed by atoms with Crippen LogP contribution in [-0.4, -0.2) is 32.3 Å². The molecule has 1 aromatic rings. The van der Waals surface area contributed by atoms with E-state index in [1.165, 1.54) is 6.07 Å². The molecule has 1 atom stereocenters. The predicted octanol–water partition coefficient (Wildman–Crippen LogP) is 3.03. The number of carbonyl (C=O) groups excluding carboxylic acids is 1. The molecule has 2 aliphatic rings. The van der Waals surface area contributed by atoms with Crippen LogP contribution in [0.3, 0.4) is 0 Å². The van der Waals surface area contributed by atoms with E-state index in [9.17, 15) is 17.6 Å². The summed E-state index contributed by atoms with van der Waals surface area (Å²) in [6, 6.07) is 3.37. The molecular weight excluding hydrogens is 379 g/mol. The number of benzene rings is 1. The summed E-state index contributed by atoms with van der Waals surface area (Å²) in [6.07, 6.45) is 5.61. The highest BCUT2D eigenvalue weighted by molar-refractivity contribution is 7.92. The summed E-state index contributed by atoms with van der Waals surface area (Å²) < 4.78 is 40.2. The van der Waals surface area contributed by atoms with Gasteiger partial charge in [0.05, 0.1) is 9.92 Å². The largest absolute Gasteiger partial charge is 0.335 e. The van der Waals surface area contributed by atoms with E-state index in [1.807, 2.05) is 0 Å². The Bertz CT molecular complexity index is 773. The minimum absolute atomic E-state index is 0.0726. The zero-order chi connectivity index (χ0) is 18.8. The van der Waals surface area contributed by atoms with Crippen molar-refractivity contribution in [2.75, 3.05) is 13.1 Å². The first-order valence-electron chi connectivity index (χ1n) is 9.08. The van der Waals surface area contributed by atoms with E-state index < -0.39 is 20.5 Å². The summed E-state index contributed by atoms with van der Waals surface area (Å²) in [4.78, 5) is 11.3. The van der Waals surface area contributed by atoms with Gasteiger partial charge in [0.15, 0.2) is 4.87 Å². The van der Waals surface area contributed by atoms with Crippen molar-refractivity contribution in [3.63, 3.8) is 0 Å². The van der Waals surface area contributed by atoms with Gasteiger partial charge < -0.3 is 10.6 Å². The standard InChI is InChI=1S/C18H24ClFN2O3S/c19-15-11-14(7-8-16(15)20)26(24,25)18(9-4-10-21-12-18)22-17(23)13-5-2-1-3-6-13/h7-8,11,13,21H,1-6,9-10,12H2,(H,22,23)/t18-/m0/s1. The van der Waals surface area contributed by atoms with Gasteiger partial charge in [0.1, 0.15) is 5.82 Å². The lowest BCUT2D eigenvalue weighted by atomic mass is 9.88. The van der Waals surface area contributed by atoms with Gasteiger partial charge in [0.2, 0.25) is 15.7 Å². The molecule has 8 heteroatoms. The fourth-order valence-electron chi connectivity index (χ4n) is 3.84. The Morgan fingerprint density at radius 1 is 1.23 bits per heavy atom. The first-order chi connectivity index (χ1) is 12.4.